The van der Waals surface area contributed by atoms with Gasteiger partial charge in [0.1, 0.15) is 11.6 Å². The summed E-state index contributed by atoms with van der Waals surface area (Å²) in [5.74, 6) is 0.147. The van der Waals surface area contributed by atoms with Crippen LogP contribution < -0.4 is 10.1 Å². The Hall–Kier alpha value is -2.89. The van der Waals surface area contributed by atoms with Crippen molar-refractivity contribution in [1.29, 1.82) is 0 Å². The van der Waals surface area contributed by atoms with Crippen LogP contribution in [0.3, 0.4) is 0 Å². The molecular formula is C21H23FN2O3. The lowest BCUT2D eigenvalue weighted by molar-refractivity contribution is -0.138. The molecule has 1 fully saturated rings. The highest BCUT2D eigenvalue weighted by Gasteiger charge is 2.23. The first kappa shape index (κ1) is 18.9. The van der Waals surface area contributed by atoms with Crippen molar-refractivity contribution in [2.24, 2.45) is 0 Å². The van der Waals surface area contributed by atoms with Gasteiger partial charge < -0.3 is 15.0 Å². The van der Waals surface area contributed by atoms with Gasteiger partial charge in [-0.2, -0.15) is 0 Å². The minimum Gasteiger partial charge on any atom is -0.497 e. The van der Waals surface area contributed by atoms with Gasteiger partial charge in [0.05, 0.1) is 19.7 Å². The van der Waals surface area contributed by atoms with E-state index in [0.29, 0.717) is 18.7 Å². The average Bonchev–Trinajstić information content (AvgIpc) is 2.69. The van der Waals surface area contributed by atoms with Crippen LogP contribution in [0.4, 0.5) is 4.39 Å². The first-order valence-corrected chi connectivity index (χ1v) is 9.03. The maximum Gasteiger partial charge on any atom is 0.240 e. The van der Waals surface area contributed by atoms with Gasteiger partial charge in [0.25, 0.3) is 0 Å². The number of benzene rings is 2. The quantitative estimate of drug-likeness (QED) is 0.850. The predicted molar refractivity (Wildman–Crippen MR) is 99.8 cm³/mol. The molecule has 0 radical (unpaired) electrons. The van der Waals surface area contributed by atoms with Gasteiger partial charge in [0.2, 0.25) is 11.8 Å². The highest BCUT2D eigenvalue weighted by atomic mass is 19.1. The van der Waals surface area contributed by atoms with Crippen molar-refractivity contribution in [2.75, 3.05) is 20.2 Å². The fraction of sp³-hybridized carbons (Fsp3) is 0.333. The Balaban J connectivity index is 1.79. The van der Waals surface area contributed by atoms with E-state index in [1.54, 1.807) is 24.1 Å². The van der Waals surface area contributed by atoms with Crippen molar-refractivity contribution >= 4 is 11.8 Å². The van der Waals surface area contributed by atoms with Crippen LogP contribution in [0, 0.1) is 5.82 Å². The number of carbonyl (C=O) groups excluding carboxylic acids is 2. The van der Waals surface area contributed by atoms with E-state index in [4.69, 9.17) is 4.74 Å². The van der Waals surface area contributed by atoms with Gasteiger partial charge in [-0.15, -0.1) is 0 Å². The van der Waals surface area contributed by atoms with Crippen LogP contribution >= 0.6 is 0 Å². The number of methoxy groups -OCH3 is 1. The van der Waals surface area contributed by atoms with Crippen molar-refractivity contribution in [3.05, 3.63) is 65.5 Å². The van der Waals surface area contributed by atoms with E-state index in [0.717, 1.165) is 24.0 Å². The Morgan fingerprint density at radius 2 is 1.74 bits per heavy atom. The number of hydrogen-bond acceptors (Lipinski definition) is 3. The first-order valence-electron chi connectivity index (χ1n) is 9.03. The lowest BCUT2D eigenvalue weighted by Crippen LogP contribution is -2.44. The van der Waals surface area contributed by atoms with Gasteiger partial charge in [-0.05, 0) is 48.2 Å². The summed E-state index contributed by atoms with van der Waals surface area (Å²) in [5.41, 5.74) is 1.61. The van der Waals surface area contributed by atoms with E-state index >= 15 is 0 Å². The number of nitrogens with one attached hydrogen (secondary N) is 1. The van der Waals surface area contributed by atoms with Crippen LogP contribution in [0.15, 0.2) is 48.5 Å². The zero-order valence-corrected chi connectivity index (χ0v) is 15.3. The molecule has 1 atom stereocenters. The zero-order valence-electron chi connectivity index (χ0n) is 15.3. The number of halogens is 1. The molecule has 1 unspecified atom stereocenters. The van der Waals surface area contributed by atoms with Crippen LogP contribution in [0.1, 0.15) is 36.4 Å². The second-order valence-electron chi connectivity index (χ2n) is 6.60. The Bertz CT molecular complexity index is 790. The summed E-state index contributed by atoms with van der Waals surface area (Å²) in [6.07, 6.45) is 2.28. The fourth-order valence-corrected chi connectivity index (χ4v) is 3.22. The molecule has 0 bridgehead atoms. The predicted octanol–water partition coefficient (Wildman–Crippen LogP) is 3.05. The van der Waals surface area contributed by atoms with E-state index in [2.05, 4.69) is 5.32 Å². The number of amides is 2. The molecule has 0 spiro atoms. The molecule has 2 aromatic rings. The highest BCUT2D eigenvalue weighted by Crippen LogP contribution is 2.24. The molecule has 6 heteroatoms. The molecule has 1 aliphatic heterocycles. The second kappa shape index (κ2) is 8.66. The van der Waals surface area contributed by atoms with Crippen LogP contribution in [0.25, 0.3) is 0 Å². The van der Waals surface area contributed by atoms with Crippen molar-refractivity contribution in [3.8, 4) is 5.75 Å². The molecule has 5 nitrogen and oxygen atoms in total. The number of carbonyl (C=O) groups is 2. The van der Waals surface area contributed by atoms with Crippen LogP contribution in [-0.2, 0) is 9.59 Å². The zero-order chi connectivity index (χ0) is 19.2. The standard InChI is InChI=1S/C21H23FN2O3/c1-27-18-11-7-16(8-12-18)21(15-5-9-17(22)10-6-15)23-19(25)14-24-13-3-2-4-20(24)26/h5-12,21H,2-4,13-14H2,1H3,(H,23,25). The van der Waals surface area contributed by atoms with E-state index in [1.165, 1.54) is 12.1 Å². The molecule has 1 aliphatic rings. The second-order valence-corrected chi connectivity index (χ2v) is 6.60. The summed E-state index contributed by atoms with van der Waals surface area (Å²) in [6.45, 7) is 0.642. The Labute approximate surface area is 158 Å². The maximum absolute atomic E-state index is 13.3. The van der Waals surface area contributed by atoms with Gasteiger partial charge in [-0.25, -0.2) is 4.39 Å². The topological polar surface area (TPSA) is 58.6 Å². The molecule has 3 rings (SSSR count). The number of likely N-dealkylation sites (tertiary alicyclic amines) is 1. The van der Waals surface area contributed by atoms with Crippen LogP contribution in [-0.4, -0.2) is 36.9 Å². The van der Waals surface area contributed by atoms with E-state index < -0.39 is 6.04 Å². The largest absolute Gasteiger partial charge is 0.497 e. The van der Waals surface area contributed by atoms with Gasteiger partial charge in [-0.3, -0.25) is 9.59 Å². The SMILES string of the molecule is COc1ccc(C(NC(=O)CN2CCCCC2=O)c2ccc(F)cc2)cc1. The summed E-state index contributed by atoms with van der Waals surface area (Å²) >= 11 is 0. The molecule has 2 aromatic carbocycles. The van der Waals surface area contributed by atoms with Crippen LogP contribution in [0.5, 0.6) is 5.75 Å². The minimum absolute atomic E-state index is 0.0131. The van der Waals surface area contributed by atoms with Gasteiger partial charge in [0, 0.05) is 13.0 Å². The molecule has 0 aromatic heterocycles. The number of rotatable bonds is 6. The number of ether oxygens (including phenoxy) is 1. The normalized spacial score (nSPS) is 15.3. The molecule has 142 valence electrons. The Kier molecular flexibility index (Phi) is 6.06. The van der Waals surface area contributed by atoms with Crippen molar-refractivity contribution in [1.82, 2.24) is 10.2 Å². The monoisotopic (exact) mass is 370 g/mol. The lowest BCUT2D eigenvalue weighted by Gasteiger charge is -2.27. The summed E-state index contributed by atoms with van der Waals surface area (Å²) in [7, 11) is 1.59. The van der Waals surface area contributed by atoms with E-state index in [1.807, 2.05) is 24.3 Å². The first-order chi connectivity index (χ1) is 13.1. The molecule has 0 aliphatic carbocycles. The highest BCUT2D eigenvalue weighted by molar-refractivity contribution is 5.85. The molecule has 1 heterocycles. The third-order valence-electron chi connectivity index (χ3n) is 4.71. The molecule has 1 N–H and O–H groups in total. The number of piperidine rings is 1. The summed E-state index contributed by atoms with van der Waals surface area (Å²) in [6, 6.07) is 12.9. The lowest BCUT2D eigenvalue weighted by atomic mass is 9.98. The molecule has 1 saturated heterocycles. The van der Waals surface area contributed by atoms with Gasteiger partial charge >= 0.3 is 0 Å². The summed E-state index contributed by atoms with van der Waals surface area (Å²) in [5, 5.41) is 2.98. The minimum atomic E-state index is -0.441. The molecule has 2 amide bonds. The Morgan fingerprint density at radius 1 is 1.11 bits per heavy atom. The summed E-state index contributed by atoms with van der Waals surface area (Å²) < 4.78 is 18.5. The van der Waals surface area contributed by atoms with Crippen molar-refractivity contribution in [3.63, 3.8) is 0 Å². The number of hydrogen-bond donors (Lipinski definition) is 1. The van der Waals surface area contributed by atoms with Crippen LogP contribution in [0.2, 0.25) is 0 Å². The van der Waals surface area contributed by atoms with E-state index in [-0.39, 0.29) is 24.2 Å². The van der Waals surface area contributed by atoms with E-state index in [9.17, 15) is 14.0 Å². The smallest absolute Gasteiger partial charge is 0.240 e. The maximum atomic E-state index is 13.3. The molecule has 27 heavy (non-hydrogen) atoms. The molecular weight excluding hydrogens is 347 g/mol. The average molecular weight is 370 g/mol. The summed E-state index contributed by atoms with van der Waals surface area (Å²) in [4.78, 5) is 26.1. The van der Waals surface area contributed by atoms with Crippen molar-refractivity contribution < 1.29 is 18.7 Å². The fourth-order valence-electron chi connectivity index (χ4n) is 3.22. The third-order valence-corrected chi connectivity index (χ3v) is 4.71. The van der Waals surface area contributed by atoms with Gasteiger partial charge in [0.15, 0.2) is 0 Å². The Morgan fingerprint density at radius 3 is 2.33 bits per heavy atom. The third kappa shape index (κ3) is 4.84. The number of nitrogens with zero attached hydrogens (tertiary/aromatic N) is 1. The molecule has 0 saturated carbocycles. The van der Waals surface area contributed by atoms with Crippen molar-refractivity contribution in [2.45, 2.75) is 25.3 Å². The van der Waals surface area contributed by atoms with Gasteiger partial charge in [-0.1, -0.05) is 24.3 Å².